The molecule has 0 bridgehead atoms. The number of aromatic nitrogens is 2. The third-order valence-corrected chi connectivity index (χ3v) is 12.0. The second kappa shape index (κ2) is 26.7. The maximum atomic E-state index is 14.1. The zero-order valence-electron chi connectivity index (χ0n) is 40.3. The monoisotopic (exact) mass is 1010 g/mol. The highest BCUT2D eigenvalue weighted by Gasteiger charge is 2.35. The van der Waals surface area contributed by atoms with E-state index in [1.54, 1.807) is 64.4 Å². The number of hydrogen-bond acceptors (Lipinski definition) is 12. The predicted octanol–water partition coefficient (Wildman–Crippen LogP) is -1.45. The molecular formula is C47H67N13O10S. The number of fused-ring (bicyclic) bond motifs is 2. The van der Waals surface area contributed by atoms with E-state index in [1.165, 1.54) is 6.92 Å². The van der Waals surface area contributed by atoms with Crippen LogP contribution in [0.3, 0.4) is 0 Å². The Labute approximate surface area is 415 Å². The van der Waals surface area contributed by atoms with Crippen LogP contribution in [0.5, 0.6) is 0 Å². The lowest BCUT2D eigenvalue weighted by molar-refractivity contribution is -0.142. The molecule has 2 aromatic carbocycles. The van der Waals surface area contributed by atoms with Gasteiger partial charge in [0.1, 0.15) is 36.3 Å². The number of nitrogens with zero attached hydrogens (tertiary/aromatic N) is 1. The van der Waals surface area contributed by atoms with Crippen LogP contribution >= 0.6 is 12.6 Å². The first kappa shape index (κ1) is 56.4. The first-order valence-electron chi connectivity index (χ1n) is 23.1. The summed E-state index contributed by atoms with van der Waals surface area (Å²) >= 11 is 4.19. The average Bonchev–Trinajstić information content (AvgIpc) is 3.93. The highest BCUT2D eigenvalue weighted by molar-refractivity contribution is 7.80. The summed E-state index contributed by atoms with van der Waals surface area (Å²) in [6, 6.07) is 5.29. The average molecular weight is 1010 g/mol. The summed E-state index contributed by atoms with van der Waals surface area (Å²) in [5, 5.41) is 40.1. The van der Waals surface area contributed by atoms with Crippen LogP contribution in [0.2, 0.25) is 0 Å². The van der Waals surface area contributed by atoms with E-state index < -0.39 is 108 Å². The Morgan fingerprint density at radius 1 is 0.634 bits per heavy atom. The molecular weight excluding hydrogens is 939 g/mol. The maximum Gasteiger partial charge on any atom is 0.326 e. The molecule has 0 spiro atoms. The molecule has 0 aliphatic carbocycles. The Balaban J connectivity index is 1.45. The van der Waals surface area contributed by atoms with Crippen molar-refractivity contribution in [2.24, 2.45) is 34.0 Å². The van der Waals surface area contributed by atoms with E-state index in [1.807, 2.05) is 24.3 Å². The quantitative estimate of drug-likeness (QED) is 0.0141. The summed E-state index contributed by atoms with van der Waals surface area (Å²) in [4.78, 5) is 117. The number of carbonyl (C=O) groups excluding carboxylic acids is 7. The number of carboxylic acid groups (broad SMARTS) is 1. The number of rotatable bonds is 27. The Morgan fingerprint density at radius 2 is 1.14 bits per heavy atom. The summed E-state index contributed by atoms with van der Waals surface area (Å²) in [5.41, 5.74) is 19.6. The van der Waals surface area contributed by atoms with Gasteiger partial charge in [0.05, 0.1) is 18.7 Å². The second-order valence-electron chi connectivity index (χ2n) is 17.8. The third kappa shape index (κ3) is 16.5. The number of nitrogens with one attached hydrogen (secondary N) is 9. The minimum atomic E-state index is -1.70. The summed E-state index contributed by atoms with van der Waals surface area (Å²) < 4.78 is 0. The van der Waals surface area contributed by atoms with Gasteiger partial charge >= 0.3 is 5.97 Å². The minimum Gasteiger partial charge on any atom is -0.480 e. The Bertz CT molecular complexity index is 2540. The van der Waals surface area contributed by atoms with Crippen LogP contribution in [0.25, 0.3) is 21.8 Å². The number of amides is 7. The smallest absolute Gasteiger partial charge is 0.326 e. The van der Waals surface area contributed by atoms with E-state index in [0.717, 1.165) is 21.8 Å². The minimum absolute atomic E-state index is 0.0140. The van der Waals surface area contributed by atoms with Crippen molar-refractivity contribution >= 4 is 87.7 Å². The number of benzene rings is 2. The number of para-hydroxylation sites is 2. The first-order valence-corrected chi connectivity index (χ1v) is 23.8. The molecule has 7 amide bonds. The number of nitrogens with two attached hydrogens (primary N) is 3. The summed E-state index contributed by atoms with van der Waals surface area (Å²) in [5.74, 6) is -8.20. The molecule has 0 saturated carbocycles. The van der Waals surface area contributed by atoms with Gasteiger partial charge < -0.3 is 74.6 Å². The van der Waals surface area contributed by atoms with E-state index in [-0.39, 0.29) is 49.9 Å². The number of aromatic amines is 2. The largest absolute Gasteiger partial charge is 0.480 e. The van der Waals surface area contributed by atoms with Crippen molar-refractivity contribution < 1.29 is 48.6 Å². The van der Waals surface area contributed by atoms with Crippen molar-refractivity contribution in [1.29, 1.82) is 0 Å². The lowest BCUT2D eigenvalue weighted by atomic mass is 9.99. The number of aliphatic hydroxyl groups is 1. The maximum absolute atomic E-state index is 14.1. The Morgan fingerprint density at radius 3 is 1.66 bits per heavy atom. The predicted molar refractivity (Wildman–Crippen MR) is 269 cm³/mol. The zero-order valence-corrected chi connectivity index (χ0v) is 41.2. The van der Waals surface area contributed by atoms with E-state index in [4.69, 9.17) is 17.2 Å². The van der Waals surface area contributed by atoms with Crippen molar-refractivity contribution in [1.82, 2.24) is 47.2 Å². The molecule has 4 rings (SSSR count). The number of aliphatic carboxylic acids is 1. The van der Waals surface area contributed by atoms with Crippen LogP contribution in [0, 0.1) is 11.8 Å². The Kier molecular flexibility index (Phi) is 21.2. The summed E-state index contributed by atoms with van der Waals surface area (Å²) in [6.07, 6.45) is 1.75. The second-order valence-corrected chi connectivity index (χ2v) is 18.2. The third-order valence-electron chi connectivity index (χ3n) is 11.6. The van der Waals surface area contributed by atoms with Gasteiger partial charge in [0, 0.05) is 59.3 Å². The van der Waals surface area contributed by atoms with Crippen LogP contribution in [-0.4, -0.2) is 141 Å². The fraction of sp³-hybridized carbons (Fsp3) is 0.468. The fourth-order valence-corrected chi connectivity index (χ4v) is 7.75. The van der Waals surface area contributed by atoms with Crippen molar-refractivity contribution in [3.63, 3.8) is 0 Å². The van der Waals surface area contributed by atoms with Crippen LogP contribution in [0.4, 0.5) is 0 Å². The van der Waals surface area contributed by atoms with E-state index in [9.17, 15) is 48.6 Å². The van der Waals surface area contributed by atoms with Crippen LogP contribution < -0.4 is 54.4 Å². The van der Waals surface area contributed by atoms with Gasteiger partial charge in [-0.25, -0.2) is 4.79 Å². The number of aliphatic imine (C=N–C) groups is 1. The molecule has 386 valence electrons. The van der Waals surface area contributed by atoms with E-state index in [2.05, 4.69) is 64.8 Å². The van der Waals surface area contributed by atoms with Crippen molar-refractivity contribution in [3.05, 3.63) is 72.1 Å². The van der Waals surface area contributed by atoms with Gasteiger partial charge in [-0.05, 0) is 54.9 Å². The number of carbonyl (C=O) groups is 8. The van der Waals surface area contributed by atoms with Crippen LogP contribution in [0.1, 0.15) is 58.6 Å². The van der Waals surface area contributed by atoms with Crippen LogP contribution in [-0.2, 0) is 51.2 Å². The van der Waals surface area contributed by atoms with Gasteiger partial charge in [0.25, 0.3) is 0 Å². The number of thiol groups is 1. The number of hydrogen-bond donors (Lipinski definition) is 15. The molecule has 0 unspecified atom stereocenters. The molecule has 24 heteroatoms. The topological polar surface area (TPSA) is 383 Å². The molecule has 71 heavy (non-hydrogen) atoms. The molecule has 0 aliphatic rings. The number of carboxylic acids is 1. The number of H-pyrrole nitrogens is 2. The lowest BCUT2D eigenvalue weighted by Crippen LogP contribution is -2.61. The number of guanidine groups is 1. The summed E-state index contributed by atoms with van der Waals surface area (Å²) in [6.45, 7) is 7.53. The molecule has 2 aromatic heterocycles. The highest BCUT2D eigenvalue weighted by atomic mass is 32.1. The molecule has 0 aliphatic heterocycles. The molecule has 23 nitrogen and oxygen atoms in total. The van der Waals surface area contributed by atoms with Crippen LogP contribution in [0.15, 0.2) is 65.9 Å². The molecule has 0 saturated heterocycles. The van der Waals surface area contributed by atoms with Gasteiger partial charge in [0.2, 0.25) is 41.4 Å². The van der Waals surface area contributed by atoms with Crippen molar-refractivity contribution in [3.8, 4) is 0 Å². The lowest BCUT2D eigenvalue weighted by Gasteiger charge is -2.27. The van der Waals surface area contributed by atoms with Gasteiger partial charge in [-0.15, -0.1) is 0 Å². The van der Waals surface area contributed by atoms with Gasteiger partial charge in [0.15, 0.2) is 5.96 Å². The molecule has 4 aromatic rings. The van der Waals surface area contributed by atoms with Crippen molar-refractivity contribution in [2.75, 3.05) is 18.8 Å². The summed E-state index contributed by atoms with van der Waals surface area (Å²) in [7, 11) is 0. The number of aliphatic hydroxyl groups excluding tert-OH is 1. The molecule has 2 heterocycles. The van der Waals surface area contributed by atoms with Gasteiger partial charge in [-0.2, -0.15) is 12.6 Å². The SMILES string of the molecule is CC(C)[C@H](N)C(=O)N[C@H](C(=O)N[C@@H](CCCN=C(N)N)C(=O)NCC(=O)N[C@@H](CS)C(=O)N[C@H](C(=O)N[C@@H](Cc1c[nH]c2ccccc12)C(=O)N[C@@H](Cc1c[nH]c2ccccc12)C(=O)O)[C@@H](C)O)C(C)C. The molecule has 17 N–H and O–H groups in total. The molecule has 0 radical (unpaired) electrons. The Hall–Kier alpha value is -7.18. The van der Waals surface area contributed by atoms with Gasteiger partial charge in [-0.3, -0.25) is 38.6 Å². The molecule has 0 fully saturated rings. The van der Waals surface area contributed by atoms with E-state index in [0.29, 0.717) is 11.1 Å². The van der Waals surface area contributed by atoms with E-state index >= 15 is 0 Å². The first-order chi connectivity index (χ1) is 33.6. The molecule has 8 atom stereocenters. The zero-order chi connectivity index (χ0) is 52.5. The normalized spacial score (nSPS) is 14.7. The van der Waals surface area contributed by atoms with Crippen molar-refractivity contribution in [2.45, 2.75) is 109 Å². The highest BCUT2D eigenvalue weighted by Crippen LogP contribution is 2.21. The fourth-order valence-electron chi connectivity index (χ4n) is 7.49. The van der Waals surface area contributed by atoms with Gasteiger partial charge in [-0.1, -0.05) is 64.1 Å². The standard InChI is InChI=1S/C47H67N13O10S/c1-23(2)37(48)43(66)59-38(24(3)4)44(67)56-32(15-10-16-51-47(49)50)40(63)54-21-36(62)55-35(22-71)42(65)60-39(25(5)61)45(68)57-33(17-26-19-52-30-13-8-6-11-28(26)30)41(64)58-34(46(69)70)18-27-20-53-31-14-9-7-12-29(27)31/h6-9,11-14,19-20,23-25,32-35,37-39,52-53,61,71H,10,15-18,21-22,48H2,1-5H3,(H,54,63)(H,55,62)(H,56,67)(H,57,68)(H,58,64)(H,59,66)(H,60,65)(H,69,70)(H4,49,50,51)/t25-,32+,33+,34+,35+,37+,38+,39+/m1/s1.